The van der Waals surface area contributed by atoms with Crippen molar-refractivity contribution in [3.05, 3.63) is 53.2 Å². The van der Waals surface area contributed by atoms with E-state index in [0.29, 0.717) is 5.69 Å². The summed E-state index contributed by atoms with van der Waals surface area (Å²) in [5.74, 6) is -0.994. The average molecular weight is 458 g/mol. The molecule has 1 N–H and O–H groups in total. The molecular weight excluding hydrogens is 434 g/mol. The SMILES string of the molecule is Cc1ccc(NC(=O)C2(c3ccccc3C(C)C)CN(C3=NC(=O)CO3)C2)c(OC(F)F)n1. The van der Waals surface area contributed by atoms with Gasteiger partial charge in [0.25, 0.3) is 11.9 Å². The summed E-state index contributed by atoms with van der Waals surface area (Å²) in [7, 11) is 0. The van der Waals surface area contributed by atoms with Crippen LogP contribution in [0.4, 0.5) is 14.5 Å². The van der Waals surface area contributed by atoms with E-state index >= 15 is 0 Å². The van der Waals surface area contributed by atoms with E-state index in [1.54, 1.807) is 17.9 Å². The fourth-order valence-electron chi connectivity index (χ4n) is 4.12. The van der Waals surface area contributed by atoms with Crippen molar-refractivity contribution in [2.24, 2.45) is 4.99 Å². The molecule has 0 unspecified atom stereocenters. The lowest BCUT2D eigenvalue weighted by Crippen LogP contribution is -2.66. The zero-order chi connectivity index (χ0) is 23.8. The maximum atomic E-state index is 13.7. The number of hydrogen-bond donors (Lipinski definition) is 1. The highest BCUT2D eigenvalue weighted by molar-refractivity contribution is 6.04. The standard InChI is InChI=1S/C23H24F2N4O4/c1-13(2)15-6-4-5-7-16(15)23(11-29(12-23)22-28-18(30)10-32-22)20(31)27-17-9-8-14(3)26-19(17)33-21(24)25/h4-9,13,21H,10-12H2,1-3H3,(H,27,31). The van der Waals surface area contributed by atoms with Gasteiger partial charge in [0.05, 0.1) is 0 Å². The molecule has 0 saturated carbocycles. The van der Waals surface area contributed by atoms with Crippen molar-refractivity contribution in [2.45, 2.75) is 38.7 Å². The van der Waals surface area contributed by atoms with Crippen molar-refractivity contribution < 1.29 is 27.8 Å². The number of benzene rings is 1. The summed E-state index contributed by atoms with van der Waals surface area (Å²) in [6.45, 7) is 2.90. The van der Waals surface area contributed by atoms with Crippen molar-refractivity contribution in [1.82, 2.24) is 9.88 Å². The van der Waals surface area contributed by atoms with E-state index in [9.17, 15) is 18.4 Å². The number of amides is 2. The molecule has 0 atom stereocenters. The second kappa shape index (κ2) is 8.76. The van der Waals surface area contributed by atoms with Crippen molar-refractivity contribution in [1.29, 1.82) is 0 Å². The molecule has 0 spiro atoms. The third kappa shape index (κ3) is 4.37. The number of ether oxygens (including phenoxy) is 2. The van der Waals surface area contributed by atoms with Gasteiger partial charge in [0.2, 0.25) is 11.8 Å². The Balaban J connectivity index is 1.69. The lowest BCUT2D eigenvalue weighted by molar-refractivity contribution is -0.126. The molecule has 33 heavy (non-hydrogen) atoms. The van der Waals surface area contributed by atoms with Crippen LogP contribution in [0.1, 0.15) is 36.6 Å². The molecule has 1 fully saturated rings. The number of carbonyl (C=O) groups excluding carboxylic acids is 2. The zero-order valence-electron chi connectivity index (χ0n) is 18.5. The predicted molar refractivity (Wildman–Crippen MR) is 116 cm³/mol. The minimum Gasteiger partial charge on any atom is -0.455 e. The number of aryl methyl sites for hydroxylation is 1. The number of alkyl halides is 2. The third-order valence-electron chi connectivity index (χ3n) is 5.72. The van der Waals surface area contributed by atoms with Crippen molar-refractivity contribution in [3.8, 4) is 5.88 Å². The first-order valence-corrected chi connectivity index (χ1v) is 10.5. The number of aromatic nitrogens is 1. The van der Waals surface area contributed by atoms with Crippen LogP contribution in [-0.2, 0) is 19.7 Å². The number of aliphatic imine (C=N–C) groups is 1. The fourth-order valence-corrected chi connectivity index (χ4v) is 4.12. The van der Waals surface area contributed by atoms with Crippen LogP contribution in [0.3, 0.4) is 0 Å². The second-order valence-electron chi connectivity index (χ2n) is 8.39. The summed E-state index contributed by atoms with van der Waals surface area (Å²) < 4.78 is 35.7. The van der Waals surface area contributed by atoms with Crippen LogP contribution in [0.15, 0.2) is 41.4 Å². The van der Waals surface area contributed by atoms with Crippen molar-refractivity contribution in [3.63, 3.8) is 0 Å². The van der Waals surface area contributed by atoms with Gasteiger partial charge in [-0.15, -0.1) is 0 Å². The summed E-state index contributed by atoms with van der Waals surface area (Å²) in [4.78, 5) is 34.8. The Morgan fingerprint density at radius 2 is 1.94 bits per heavy atom. The van der Waals surface area contributed by atoms with Crippen LogP contribution in [0.25, 0.3) is 0 Å². The number of nitrogens with one attached hydrogen (secondary N) is 1. The van der Waals surface area contributed by atoms with Crippen LogP contribution in [-0.4, -0.2) is 54.0 Å². The molecule has 174 valence electrons. The van der Waals surface area contributed by atoms with E-state index in [1.165, 1.54) is 6.07 Å². The van der Waals surface area contributed by atoms with Crippen molar-refractivity contribution >= 4 is 23.5 Å². The molecule has 1 aromatic heterocycles. The Kier molecular flexibility index (Phi) is 6.01. The maximum absolute atomic E-state index is 13.7. The number of halogens is 2. The molecule has 2 aliphatic rings. The first-order chi connectivity index (χ1) is 15.7. The van der Waals surface area contributed by atoms with E-state index in [4.69, 9.17) is 4.74 Å². The fraction of sp³-hybridized carbons (Fsp3) is 0.391. The van der Waals surface area contributed by atoms with Crippen LogP contribution in [0.2, 0.25) is 0 Å². The van der Waals surface area contributed by atoms with Gasteiger partial charge in [0.15, 0.2) is 6.61 Å². The molecule has 3 heterocycles. The first kappa shape index (κ1) is 22.6. The summed E-state index contributed by atoms with van der Waals surface area (Å²) in [5, 5.41) is 2.74. The molecule has 2 aromatic rings. The number of hydrogen-bond acceptors (Lipinski definition) is 6. The highest BCUT2D eigenvalue weighted by Crippen LogP contribution is 2.41. The Hall–Kier alpha value is -3.56. The smallest absolute Gasteiger partial charge is 0.388 e. The molecular formula is C23H24F2N4O4. The van der Waals surface area contributed by atoms with Crippen LogP contribution in [0, 0.1) is 6.92 Å². The number of nitrogens with zero attached hydrogens (tertiary/aromatic N) is 3. The van der Waals surface area contributed by atoms with Gasteiger partial charge in [0.1, 0.15) is 11.1 Å². The lowest BCUT2D eigenvalue weighted by Gasteiger charge is -2.49. The number of carbonyl (C=O) groups is 2. The molecule has 8 nitrogen and oxygen atoms in total. The van der Waals surface area contributed by atoms with E-state index in [1.807, 2.05) is 38.1 Å². The number of anilines is 1. The second-order valence-corrected chi connectivity index (χ2v) is 8.39. The number of amidine groups is 1. The molecule has 0 aliphatic carbocycles. The predicted octanol–water partition coefficient (Wildman–Crippen LogP) is 3.22. The molecule has 4 rings (SSSR count). The third-order valence-corrected chi connectivity index (χ3v) is 5.72. The Morgan fingerprint density at radius 3 is 2.58 bits per heavy atom. The van der Waals surface area contributed by atoms with Gasteiger partial charge in [-0.1, -0.05) is 38.1 Å². The maximum Gasteiger partial charge on any atom is 0.388 e. The van der Waals surface area contributed by atoms with Gasteiger partial charge in [-0.05, 0) is 36.1 Å². The van der Waals surface area contributed by atoms with Gasteiger partial charge in [0, 0.05) is 18.8 Å². The molecule has 0 bridgehead atoms. The molecule has 10 heteroatoms. The topological polar surface area (TPSA) is 93.1 Å². The quantitative estimate of drug-likeness (QED) is 0.715. The lowest BCUT2D eigenvalue weighted by atomic mass is 9.70. The minimum atomic E-state index is -3.08. The number of pyridine rings is 1. The molecule has 2 aliphatic heterocycles. The Morgan fingerprint density at radius 1 is 1.21 bits per heavy atom. The summed E-state index contributed by atoms with van der Waals surface area (Å²) in [5.41, 5.74) is 1.30. The van der Waals surface area contributed by atoms with Gasteiger partial charge in [-0.2, -0.15) is 13.8 Å². The van der Waals surface area contributed by atoms with Gasteiger partial charge >= 0.3 is 6.61 Å². The average Bonchev–Trinajstić information content (AvgIpc) is 3.15. The van der Waals surface area contributed by atoms with E-state index in [-0.39, 0.29) is 49.1 Å². The normalized spacial score (nSPS) is 17.0. The van der Waals surface area contributed by atoms with Crippen LogP contribution < -0.4 is 10.1 Å². The van der Waals surface area contributed by atoms with E-state index in [2.05, 4.69) is 20.0 Å². The van der Waals surface area contributed by atoms with Crippen LogP contribution >= 0.6 is 0 Å². The number of likely N-dealkylation sites (tertiary alicyclic amines) is 1. The number of rotatable bonds is 6. The zero-order valence-corrected chi connectivity index (χ0v) is 18.5. The summed E-state index contributed by atoms with van der Waals surface area (Å²) >= 11 is 0. The highest BCUT2D eigenvalue weighted by atomic mass is 19.3. The highest BCUT2D eigenvalue weighted by Gasteiger charge is 2.54. The minimum absolute atomic E-state index is 0.0513. The van der Waals surface area contributed by atoms with Gasteiger partial charge in [-0.3, -0.25) is 9.59 Å². The van der Waals surface area contributed by atoms with Gasteiger partial charge < -0.3 is 19.7 Å². The largest absolute Gasteiger partial charge is 0.455 e. The Labute approximate surface area is 189 Å². The van der Waals surface area contributed by atoms with Crippen LogP contribution in [0.5, 0.6) is 5.88 Å². The summed E-state index contributed by atoms with van der Waals surface area (Å²) in [6.07, 6.45) is 0. The van der Waals surface area contributed by atoms with E-state index < -0.39 is 17.9 Å². The summed E-state index contributed by atoms with van der Waals surface area (Å²) in [6, 6.07) is 10.9. The van der Waals surface area contributed by atoms with Crippen molar-refractivity contribution in [2.75, 3.05) is 25.0 Å². The Bertz CT molecular complexity index is 1110. The monoisotopic (exact) mass is 458 g/mol. The molecule has 1 saturated heterocycles. The molecule has 2 amide bonds. The van der Waals surface area contributed by atoms with Gasteiger partial charge in [-0.25, -0.2) is 4.98 Å². The van der Waals surface area contributed by atoms with E-state index in [0.717, 1.165) is 11.1 Å². The first-order valence-electron chi connectivity index (χ1n) is 10.5. The molecule has 0 radical (unpaired) electrons. The molecule has 1 aromatic carbocycles.